The number of alkyl halides is 3. The highest BCUT2D eigenvalue weighted by atomic mass is 19.4. The largest absolute Gasteiger partial charge is 0.471 e. The van der Waals surface area contributed by atoms with Crippen LogP contribution in [0.3, 0.4) is 0 Å². The maximum Gasteiger partial charge on any atom is 0.471 e. The number of halogens is 3. The van der Waals surface area contributed by atoms with Gasteiger partial charge in [0.2, 0.25) is 17.6 Å². The zero-order valence-corrected chi connectivity index (χ0v) is 24.3. The van der Waals surface area contributed by atoms with Crippen LogP contribution in [0.4, 0.5) is 30.4 Å². The Morgan fingerprint density at radius 2 is 1.75 bits per heavy atom. The zero-order chi connectivity index (χ0) is 32.2. The van der Waals surface area contributed by atoms with E-state index in [1.54, 1.807) is 44.2 Å². The molecule has 12 nitrogen and oxygen atoms in total. The fourth-order valence-corrected chi connectivity index (χ4v) is 4.03. The summed E-state index contributed by atoms with van der Waals surface area (Å²) >= 11 is 0. The van der Waals surface area contributed by atoms with Gasteiger partial charge < -0.3 is 26.2 Å². The number of benzene rings is 2. The van der Waals surface area contributed by atoms with Crippen LogP contribution < -0.4 is 27.2 Å². The fraction of sp³-hybridized carbons (Fsp3) is 0.310. The second kappa shape index (κ2) is 13.0. The molecule has 0 atom stereocenters. The van der Waals surface area contributed by atoms with Crippen LogP contribution in [0.2, 0.25) is 0 Å². The van der Waals surface area contributed by atoms with E-state index in [0.717, 1.165) is 0 Å². The van der Waals surface area contributed by atoms with E-state index >= 15 is 0 Å². The van der Waals surface area contributed by atoms with Gasteiger partial charge in [0.05, 0.1) is 11.9 Å². The number of aromatic nitrogens is 4. The standard InChI is InChI=1S/C29H31F3N8O4/c1-15(2)26(42)37-21-10-19(9-20(33)11-21)22-13-35-25(36-16(3)4)27(43)40(22)14-23(41)34-12-17-5-7-18(8-6-17)24-38-28(44-39-24)29(30,31)32/h5-11,13,15-16H,12,14,33H2,1-4H3,(H,34,41)(H,35,36)(H,37,42). The van der Waals surface area contributed by atoms with E-state index in [0.29, 0.717) is 33.8 Å². The number of hydrogen-bond acceptors (Lipinski definition) is 9. The van der Waals surface area contributed by atoms with Gasteiger partial charge in [0.1, 0.15) is 6.54 Å². The molecule has 2 heterocycles. The summed E-state index contributed by atoms with van der Waals surface area (Å²) in [6, 6.07) is 10.9. The van der Waals surface area contributed by atoms with Gasteiger partial charge in [0.15, 0.2) is 5.82 Å². The maximum absolute atomic E-state index is 13.4. The third-order valence-corrected chi connectivity index (χ3v) is 6.19. The van der Waals surface area contributed by atoms with Crippen LogP contribution in [0.5, 0.6) is 0 Å². The minimum absolute atomic E-state index is 0.0551. The Morgan fingerprint density at radius 1 is 1.05 bits per heavy atom. The van der Waals surface area contributed by atoms with Gasteiger partial charge in [0.25, 0.3) is 5.56 Å². The highest BCUT2D eigenvalue weighted by Crippen LogP contribution is 2.29. The molecule has 5 N–H and O–H groups in total. The molecule has 0 aliphatic rings. The van der Waals surface area contributed by atoms with Crippen molar-refractivity contribution in [3.05, 3.63) is 70.5 Å². The van der Waals surface area contributed by atoms with Crippen LogP contribution in [0, 0.1) is 5.92 Å². The lowest BCUT2D eigenvalue weighted by atomic mass is 10.1. The molecule has 0 aliphatic heterocycles. The van der Waals surface area contributed by atoms with Crippen LogP contribution in [-0.4, -0.2) is 37.5 Å². The van der Waals surface area contributed by atoms with E-state index in [2.05, 4.69) is 35.6 Å². The number of anilines is 3. The Labute approximate surface area is 249 Å². The van der Waals surface area contributed by atoms with Crippen molar-refractivity contribution in [2.45, 2.75) is 53.0 Å². The molecule has 0 fully saturated rings. The van der Waals surface area contributed by atoms with Crippen LogP contribution in [0.25, 0.3) is 22.6 Å². The van der Waals surface area contributed by atoms with Gasteiger partial charge in [-0.2, -0.15) is 18.2 Å². The Bertz CT molecular complexity index is 1710. The second-order valence-electron chi connectivity index (χ2n) is 10.6. The quantitative estimate of drug-likeness (QED) is 0.191. The molecule has 0 aliphatic carbocycles. The van der Waals surface area contributed by atoms with Gasteiger partial charge in [-0.1, -0.05) is 43.3 Å². The average molecular weight is 613 g/mol. The van der Waals surface area contributed by atoms with E-state index in [9.17, 15) is 27.6 Å². The molecule has 2 aromatic heterocycles. The summed E-state index contributed by atoms with van der Waals surface area (Å²) in [5.41, 5.74) is 8.00. The summed E-state index contributed by atoms with van der Waals surface area (Å²) in [6.07, 6.45) is -3.31. The summed E-state index contributed by atoms with van der Waals surface area (Å²) < 4.78 is 43.8. The molecule has 0 bridgehead atoms. The first-order chi connectivity index (χ1) is 20.7. The van der Waals surface area contributed by atoms with Gasteiger partial charge in [-0.15, -0.1) is 0 Å². The molecule has 0 radical (unpaired) electrons. The van der Waals surface area contributed by atoms with E-state index < -0.39 is 23.5 Å². The molecule has 2 aromatic carbocycles. The normalized spacial score (nSPS) is 11.6. The Hall–Kier alpha value is -5.21. The molecule has 15 heteroatoms. The van der Waals surface area contributed by atoms with Gasteiger partial charge in [-0.3, -0.25) is 19.0 Å². The zero-order valence-electron chi connectivity index (χ0n) is 24.3. The SMILES string of the molecule is CC(C)Nc1ncc(-c2cc(N)cc(NC(=O)C(C)C)c2)n(CC(=O)NCc2ccc(-c3noc(C(F)(F)F)n3)cc2)c1=O. The number of rotatable bonds is 10. The van der Waals surface area contributed by atoms with E-state index in [4.69, 9.17) is 5.73 Å². The van der Waals surface area contributed by atoms with Crippen molar-refractivity contribution < 1.29 is 27.3 Å². The number of carbonyl (C=O) groups excluding carboxylic acids is 2. The highest BCUT2D eigenvalue weighted by molar-refractivity contribution is 5.93. The van der Waals surface area contributed by atoms with Crippen molar-refractivity contribution in [2.75, 3.05) is 16.4 Å². The topological polar surface area (TPSA) is 170 Å². The van der Waals surface area contributed by atoms with Crippen molar-refractivity contribution in [1.82, 2.24) is 25.0 Å². The van der Waals surface area contributed by atoms with E-state index in [1.807, 2.05) is 13.8 Å². The van der Waals surface area contributed by atoms with Crippen LogP contribution in [0.1, 0.15) is 39.1 Å². The first-order valence-electron chi connectivity index (χ1n) is 13.6. The predicted octanol–water partition coefficient (Wildman–Crippen LogP) is 4.29. The first kappa shape index (κ1) is 31.7. The molecule has 232 valence electrons. The molecule has 0 spiro atoms. The Morgan fingerprint density at radius 3 is 2.36 bits per heavy atom. The Balaban J connectivity index is 1.55. The lowest BCUT2D eigenvalue weighted by Crippen LogP contribution is -2.35. The van der Waals surface area contributed by atoms with E-state index in [1.165, 1.54) is 22.9 Å². The first-order valence-corrected chi connectivity index (χ1v) is 13.6. The molecule has 0 saturated heterocycles. The van der Waals surface area contributed by atoms with Gasteiger partial charge in [-0.05, 0) is 37.6 Å². The van der Waals surface area contributed by atoms with Crippen LogP contribution >= 0.6 is 0 Å². The van der Waals surface area contributed by atoms with Crippen molar-refractivity contribution >= 4 is 29.0 Å². The molecular weight excluding hydrogens is 581 g/mol. The Kier molecular flexibility index (Phi) is 9.35. The van der Waals surface area contributed by atoms with Crippen LogP contribution in [-0.2, 0) is 28.9 Å². The minimum Gasteiger partial charge on any atom is -0.399 e. The minimum atomic E-state index is -4.75. The number of hydrogen-bond donors (Lipinski definition) is 4. The summed E-state index contributed by atoms with van der Waals surface area (Å²) in [6.45, 7) is 6.87. The summed E-state index contributed by atoms with van der Waals surface area (Å²) in [5.74, 6) is -2.61. The molecule has 44 heavy (non-hydrogen) atoms. The van der Waals surface area contributed by atoms with Crippen molar-refractivity contribution in [1.29, 1.82) is 0 Å². The molecular formula is C29H31F3N8O4. The summed E-state index contributed by atoms with van der Waals surface area (Å²) in [7, 11) is 0. The second-order valence-corrected chi connectivity index (χ2v) is 10.6. The number of nitrogens with one attached hydrogen (secondary N) is 3. The molecule has 2 amide bonds. The lowest BCUT2D eigenvalue weighted by molar-refractivity contribution is -0.159. The lowest BCUT2D eigenvalue weighted by Gasteiger charge is -2.17. The van der Waals surface area contributed by atoms with Crippen molar-refractivity contribution in [3.63, 3.8) is 0 Å². The number of nitrogens with two attached hydrogens (primary N) is 1. The number of carbonyl (C=O) groups is 2. The number of nitrogens with zero attached hydrogens (tertiary/aromatic N) is 4. The number of amides is 2. The fourth-order valence-electron chi connectivity index (χ4n) is 4.03. The maximum atomic E-state index is 13.4. The smallest absolute Gasteiger partial charge is 0.399 e. The monoisotopic (exact) mass is 612 g/mol. The van der Waals surface area contributed by atoms with Crippen LogP contribution in [0.15, 0.2) is 58.0 Å². The third-order valence-electron chi connectivity index (χ3n) is 6.19. The molecule has 0 unspecified atom stereocenters. The van der Waals surface area contributed by atoms with Gasteiger partial charge >= 0.3 is 12.1 Å². The highest BCUT2D eigenvalue weighted by Gasteiger charge is 2.38. The summed E-state index contributed by atoms with van der Waals surface area (Å²) in [4.78, 5) is 46.4. The average Bonchev–Trinajstić information content (AvgIpc) is 3.45. The van der Waals surface area contributed by atoms with Crippen molar-refractivity contribution in [3.8, 4) is 22.6 Å². The van der Waals surface area contributed by atoms with Crippen molar-refractivity contribution in [2.24, 2.45) is 5.92 Å². The molecule has 4 aromatic rings. The number of nitrogen functional groups attached to an aromatic ring is 1. The summed E-state index contributed by atoms with van der Waals surface area (Å²) in [5, 5.41) is 11.9. The van der Waals surface area contributed by atoms with Gasteiger partial charge in [0, 0.05) is 41.0 Å². The predicted molar refractivity (Wildman–Crippen MR) is 157 cm³/mol. The van der Waals surface area contributed by atoms with E-state index in [-0.39, 0.29) is 42.6 Å². The van der Waals surface area contributed by atoms with Gasteiger partial charge in [-0.25, -0.2) is 4.98 Å². The third kappa shape index (κ3) is 7.79. The molecule has 0 saturated carbocycles. The molecule has 4 rings (SSSR count).